The fraction of sp³-hybridized carbons (Fsp3) is 0.0714. The van der Waals surface area contributed by atoms with Crippen LogP contribution in [0.15, 0.2) is 39.4 Å². The van der Waals surface area contributed by atoms with Crippen LogP contribution in [-0.4, -0.2) is 11.5 Å². The van der Waals surface area contributed by atoms with Gasteiger partial charge >= 0.3 is 0 Å². The van der Waals surface area contributed by atoms with Crippen molar-refractivity contribution >= 4 is 35.0 Å². The lowest BCUT2D eigenvalue weighted by Crippen LogP contribution is -2.10. The third kappa shape index (κ3) is 2.35. The first-order chi connectivity index (χ1) is 9.15. The lowest BCUT2D eigenvalue weighted by atomic mass is 10.0. The molecule has 0 saturated heterocycles. The smallest absolute Gasteiger partial charge is 0.191 e. The van der Waals surface area contributed by atoms with Crippen LogP contribution in [0.25, 0.3) is 6.08 Å². The van der Waals surface area contributed by atoms with Gasteiger partial charge in [-0.2, -0.15) is 0 Å². The molecule has 1 aliphatic heterocycles. The summed E-state index contributed by atoms with van der Waals surface area (Å²) in [5.41, 5.74) is 1.82. The molecule has 0 N–H and O–H groups in total. The van der Waals surface area contributed by atoms with Gasteiger partial charge in [-0.05, 0) is 35.2 Å². The lowest BCUT2D eigenvalue weighted by molar-refractivity contribution is 0.103. The van der Waals surface area contributed by atoms with Gasteiger partial charge in [0.25, 0.3) is 0 Å². The summed E-state index contributed by atoms with van der Waals surface area (Å²) < 4.78 is 27.0. The molecule has 2 heterocycles. The number of Topliss-reactive ketones (excluding diaryl/α,β-unsaturated/α-hetero) is 1. The molecule has 0 fully saturated rings. The highest BCUT2D eigenvalue weighted by Gasteiger charge is 2.23. The van der Waals surface area contributed by atoms with Crippen LogP contribution in [0.1, 0.15) is 15.9 Å². The highest BCUT2D eigenvalue weighted by Crippen LogP contribution is 2.37. The van der Waals surface area contributed by atoms with Crippen molar-refractivity contribution in [3.8, 4) is 0 Å². The van der Waals surface area contributed by atoms with Crippen LogP contribution >= 0.6 is 23.1 Å². The average Bonchev–Trinajstić information content (AvgIpc) is 2.86. The molecule has 0 radical (unpaired) electrons. The minimum absolute atomic E-state index is 0.0280. The van der Waals surface area contributed by atoms with E-state index in [2.05, 4.69) is 0 Å². The third-order valence-corrected chi connectivity index (χ3v) is 5.10. The van der Waals surface area contributed by atoms with E-state index < -0.39 is 11.6 Å². The van der Waals surface area contributed by atoms with Crippen molar-refractivity contribution in [3.63, 3.8) is 0 Å². The Balaban J connectivity index is 1.97. The van der Waals surface area contributed by atoms with Crippen LogP contribution in [0.4, 0.5) is 8.78 Å². The Morgan fingerprint density at radius 3 is 2.79 bits per heavy atom. The Morgan fingerprint density at radius 1 is 1.16 bits per heavy atom. The van der Waals surface area contributed by atoms with E-state index in [4.69, 9.17) is 0 Å². The van der Waals surface area contributed by atoms with Crippen LogP contribution in [0.2, 0.25) is 0 Å². The second kappa shape index (κ2) is 4.90. The molecule has 0 atom stereocenters. The van der Waals surface area contributed by atoms with E-state index in [-0.39, 0.29) is 5.78 Å². The predicted octanol–water partition coefficient (Wildman–Crippen LogP) is 4.40. The molecule has 0 aliphatic carbocycles. The minimum Gasteiger partial charge on any atom is -0.289 e. The van der Waals surface area contributed by atoms with Gasteiger partial charge in [0.2, 0.25) is 0 Å². The maximum absolute atomic E-state index is 13.1. The molecule has 0 amide bonds. The molecule has 1 nitrogen and oxygen atoms in total. The quantitative estimate of drug-likeness (QED) is 0.725. The molecular formula is C14H8F2OS2. The molecule has 0 bridgehead atoms. The van der Waals surface area contributed by atoms with Gasteiger partial charge in [-0.1, -0.05) is 6.07 Å². The monoisotopic (exact) mass is 294 g/mol. The first-order valence-corrected chi connectivity index (χ1v) is 7.42. The summed E-state index contributed by atoms with van der Waals surface area (Å²) in [6.07, 6.45) is 1.62. The maximum Gasteiger partial charge on any atom is 0.191 e. The van der Waals surface area contributed by atoms with Gasteiger partial charge in [-0.25, -0.2) is 8.78 Å². The standard InChI is InChI=1S/C14H8F2OS2/c15-11-2-1-8(6-12(11)16)5-9-7-19-14-10(13(9)17)3-4-18-14/h1-6H,7H2. The van der Waals surface area contributed by atoms with Gasteiger partial charge in [0.05, 0.1) is 4.21 Å². The Labute approximate surface area is 117 Å². The van der Waals surface area contributed by atoms with E-state index >= 15 is 0 Å². The van der Waals surface area contributed by atoms with Crippen LogP contribution in [0.5, 0.6) is 0 Å². The van der Waals surface area contributed by atoms with E-state index in [9.17, 15) is 13.6 Å². The third-order valence-electron chi connectivity index (χ3n) is 2.81. The van der Waals surface area contributed by atoms with Crippen molar-refractivity contribution in [2.75, 3.05) is 5.75 Å². The molecule has 5 heteroatoms. The van der Waals surface area contributed by atoms with Crippen molar-refractivity contribution in [3.05, 3.63) is 58.0 Å². The summed E-state index contributed by atoms with van der Waals surface area (Å²) >= 11 is 3.14. The lowest BCUT2D eigenvalue weighted by Gasteiger charge is -2.13. The topological polar surface area (TPSA) is 17.1 Å². The average molecular weight is 294 g/mol. The fourth-order valence-corrected chi connectivity index (χ4v) is 3.92. The largest absolute Gasteiger partial charge is 0.289 e. The van der Waals surface area contributed by atoms with E-state index in [1.54, 1.807) is 35.2 Å². The number of thiophene rings is 1. The van der Waals surface area contributed by atoms with E-state index in [0.717, 1.165) is 16.3 Å². The number of ketones is 1. The summed E-state index contributed by atoms with van der Waals surface area (Å²) in [5, 5.41) is 1.88. The Hall–Kier alpha value is -1.46. The summed E-state index contributed by atoms with van der Waals surface area (Å²) in [7, 11) is 0. The molecule has 0 saturated carbocycles. The van der Waals surface area contributed by atoms with Crippen molar-refractivity contribution in [2.45, 2.75) is 4.21 Å². The van der Waals surface area contributed by atoms with Gasteiger partial charge in [0.1, 0.15) is 0 Å². The van der Waals surface area contributed by atoms with Crippen LogP contribution < -0.4 is 0 Å². The van der Waals surface area contributed by atoms with Gasteiger partial charge in [-0.15, -0.1) is 23.1 Å². The van der Waals surface area contributed by atoms with E-state index in [1.807, 2.05) is 5.38 Å². The molecule has 3 rings (SSSR count). The zero-order valence-corrected chi connectivity index (χ0v) is 11.3. The summed E-state index contributed by atoms with van der Waals surface area (Å²) in [6.45, 7) is 0. The van der Waals surface area contributed by atoms with Crippen LogP contribution in [0.3, 0.4) is 0 Å². The second-order valence-electron chi connectivity index (χ2n) is 4.08. The number of fused-ring (bicyclic) bond motifs is 1. The zero-order chi connectivity index (χ0) is 13.4. The highest BCUT2D eigenvalue weighted by atomic mass is 32.2. The first-order valence-electron chi connectivity index (χ1n) is 5.56. The number of halogens is 2. The maximum atomic E-state index is 13.1. The van der Waals surface area contributed by atoms with Crippen molar-refractivity contribution < 1.29 is 13.6 Å². The second-order valence-corrected chi connectivity index (χ2v) is 6.24. The van der Waals surface area contributed by atoms with Gasteiger partial charge in [-0.3, -0.25) is 4.79 Å². The van der Waals surface area contributed by atoms with Crippen LogP contribution in [0, 0.1) is 11.6 Å². The Bertz CT molecular complexity index is 689. The molecular weight excluding hydrogens is 286 g/mol. The van der Waals surface area contributed by atoms with Crippen LogP contribution in [-0.2, 0) is 0 Å². The normalized spacial score (nSPS) is 16.7. The molecule has 1 aliphatic rings. The number of rotatable bonds is 1. The number of hydrogen-bond donors (Lipinski definition) is 0. The van der Waals surface area contributed by atoms with E-state index in [1.165, 1.54) is 6.07 Å². The minimum atomic E-state index is -0.901. The number of thioether (sulfide) groups is 1. The van der Waals surface area contributed by atoms with Gasteiger partial charge < -0.3 is 0 Å². The van der Waals surface area contributed by atoms with Crippen molar-refractivity contribution in [2.24, 2.45) is 0 Å². The van der Waals surface area contributed by atoms with Gasteiger partial charge in [0.15, 0.2) is 17.4 Å². The molecule has 2 aromatic rings. The van der Waals surface area contributed by atoms with E-state index in [0.29, 0.717) is 22.5 Å². The Kier molecular flexibility index (Phi) is 3.24. The summed E-state index contributed by atoms with van der Waals surface area (Å²) in [5.74, 6) is -1.25. The van der Waals surface area contributed by atoms with Crippen molar-refractivity contribution in [1.82, 2.24) is 0 Å². The number of benzene rings is 1. The zero-order valence-electron chi connectivity index (χ0n) is 9.65. The molecule has 19 heavy (non-hydrogen) atoms. The SMILES string of the molecule is O=C1C(=Cc2ccc(F)c(F)c2)CSc2sccc21. The molecule has 0 unspecified atom stereocenters. The first kappa shape index (κ1) is 12.6. The molecule has 1 aromatic heterocycles. The number of carbonyl (C=O) groups is 1. The fourth-order valence-electron chi connectivity index (χ4n) is 1.87. The molecule has 1 aromatic carbocycles. The predicted molar refractivity (Wildman–Crippen MR) is 73.7 cm³/mol. The Morgan fingerprint density at radius 2 is 2.00 bits per heavy atom. The summed E-state index contributed by atoms with van der Waals surface area (Å²) in [6, 6.07) is 5.43. The van der Waals surface area contributed by atoms with Crippen molar-refractivity contribution in [1.29, 1.82) is 0 Å². The number of hydrogen-bond acceptors (Lipinski definition) is 3. The number of carbonyl (C=O) groups excluding carboxylic acids is 1. The molecule has 96 valence electrons. The molecule has 0 spiro atoms. The highest BCUT2D eigenvalue weighted by molar-refractivity contribution is 8.01. The summed E-state index contributed by atoms with van der Waals surface area (Å²) in [4.78, 5) is 12.2. The van der Waals surface area contributed by atoms with Gasteiger partial charge in [0, 0.05) is 16.9 Å².